The third-order valence-corrected chi connectivity index (χ3v) is 2.60. The Kier molecular flexibility index (Phi) is 3.99. The number of hydrogen-bond donors (Lipinski definition) is 2. The third kappa shape index (κ3) is 2.77. The molecular formula is C13H10F2O5. The van der Waals surface area contributed by atoms with Crippen molar-refractivity contribution in [3.05, 3.63) is 53.5 Å². The van der Waals surface area contributed by atoms with Crippen LogP contribution in [0.15, 0.2) is 41.0 Å². The van der Waals surface area contributed by atoms with Crippen molar-refractivity contribution >= 4 is 5.97 Å². The Labute approximate surface area is 112 Å². The lowest BCUT2D eigenvalue weighted by Crippen LogP contribution is -2.09. The summed E-state index contributed by atoms with van der Waals surface area (Å²) in [5.41, 5.74) is -0.255. The zero-order chi connectivity index (χ0) is 14.7. The molecule has 2 N–H and O–H groups in total. The molecule has 7 heteroatoms. The fourth-order valence-corrected chi connectivity index (χ4v) is 1.76. The van der Waals surface area contributed by atoms with Gasteiger partial charge in [0.1, 0.15) is 17.4 Å². The van der Waals surface area contributed by atoms with Gasteiger partial charge in [0.2, 0.25) is 0 Å². The predicted octanol–water partition coefficient (Wildman–Crippen LogP) is 2.66. The van der Waals surface area contributed by atoms with E-state index in [0.717, 1.165) is 12.3 Å². The zero-order valence-corrected chi connectivity index (χ0v) is 9.99. The van der Waals surface area contributed by atoms with Gasteiger partial charge < -0.3 is 19.4 Å². The molecule has 0 bridgehead atoms. The normalized spacial score (nSPS) is 12.4. The Bertz CT molecular complexity index is 608. The molecule has 0 saturated carbocycles. The second-order valence-electron chi connectivity index (χ2n) is 3.82. The molecule has 0 aliphatic carbocycles. The Morgan fingerprint density at radius 2 is 1.95 bits per heavy atom. The van der Waals surface area contributed by atoms with E-state index in [0.29, 0.717) is 0 Å². The molecule has 0 fully saturated rings. The number of aliphatic hydroxyl groups is 1. The number of furan rings is 1. The summed E-state index contributed by atoms with van der Waals surface area (Å²) in [7, 11) is 0. The average molecular weight is 284 g/mol. The highest BCUT2D eigenvalue weighted by Gasteiger charge is 2.25. The van der Waals surface area contributed by atoms with Crippen molar-refractivity contribution in [1.29, 1.82) is 0 Å². The molecule has 0 saturated heterocycles. The van der Waals surface area contributed by atoms with Gasteiger partial charge in [-0.2, -0.15) is 8.78 Å². The first-order valence-corrected chi connectivity index (χ1v) is 5.53. The summed E-state index contributed by atoms with van der Waals surface area (Å²) in [5, 5.41) is 19.1. The van der Waals surface area contributed by atoms with Crippen LogP contribution in [0.4, 0.5) is 8.78 Å². The van der Waals surface area contributed by atoms with Gasteiger partial charge in [0.05, 0.1) is 6.26 Å². The van der Waals surface area contributed by atoms with Crippen LogP contribution in [0.3, 0.4) is 0 Å². The van der Waals surface area contributed by atoms with Crippen LogP contribution in [0.1, 0.15) is 27.8 Å². The molecule has 0 amide bonds. The SMILES string of the molecule is O=C(O)c1ccoc1C(O)c1ccccc1OC(F)F. The molecule has 0 radical (unpaired) electrons. The van der Waals surface area contributed by atoms with Gasteiger partial charge in [-0.3, -0.25) is 0 Å². The third-order valence-electron chi connectivity index (χ3n) is 2.60. The molecule has 1 atom stereocenters. The van der Waals surface area contributed by atoms with Crippen LogP contribution >= 0.6 is 0 Å². The lowest BCUT2D eigenvalue weighted by atomic mass is 10.0. The molecule has 1 unspecified atom stereocenters. The van der Waals surface area contributed by atoms with Crippen molar-refractivity contribution in [3.63, 3.8) is 0 Å². The molecule has 1 heterocycles. The van der Waals surface area contributed by atoms with E-state index in [1.807, 2.05) is 0 Å². The Balaban J connectivity index is 2.40. The van der Waals surface area contributed by atoms with Gasteiger partial charge in [-0.25, -0.2) is 4.79 Å². The number of rotatable bonds is 5. The molecule has 2 rings (SSSR count). The van der Waals surface area contributed by atoms with Gasteiger partial charge in [-0.05, 0) is 12.1 Å². The quantitative estimate of drug-likeness (QED) is 0.882. The average Bonchev–Trinajstić information content (AvgIpc) is 2.87. The van der Waals surface area contributed by atoms with E-state index in [-0.39, 0.29) is 22.6 Å². The van der Waals surface area contributed by atoms with Gasteiger partial charge in [0.15, 0.2) is 5.76 Å². The van der Waals surface area contributed by atoms with E-state index in [1.54, 1.807) is 0 Å². The maximum Gasteiger partial charge on any atom is 0.387 e. The molecule has 5 nitrogen and oxygen atoms in total. The molecule has 0 aliphatic rings. The summed E-state index contributed by atoms with van der Waals surface area (Å²) in [6, 6.07) is 6.70. The van der Waals surface area contributed by atoms with Crippen LogP contribution in [-0.2, 0) is 0 Å². The minimum atomic E-state index is -3.06. The number of carboxylic acids is 1. The first-order chi connectivity index (χ1) is 9.50. The molecule has 0 aliphatic heterocycles. The number of aromatic carboxylic acids is 1. The maximum atomic E-state index is 12.3. The minimum Gasteiger partial charge on any atom is -0.478 e. The predicted molar refractivity (Wildman–Crippen MR) is 62.8 cm³/mol. The molecule has 0 spiro atoms. The first kappa shape index (κ1) is 14.0. The Morgan fingerprint density at radius 1 is 1.25 bits per heavy atom. The highest BCUT2D eigenvalue weighted by atomic mass is 19.3. The summed E-state index contributed by atoms with van der Waals surface area (Å²) < 4.78 is 33.8. The second kappa shape index (κ2) is 5.70. The molecule has 20 heavy (non-hydrogen) atoms. The second-order valence-corrected chi connectivity index (χ2v) is 3.82. The van der Waals surface area contributed by atoms with Crippen LogP contribution < -0.4 is 4.74 Å². The highest BCUT2D eigenvalue weighted by Crippen LogP contribution is 2.32. The number of carboxylic acid groups (broad SMARTS) is 1. The number of carbonyl (C=O) groups is 1. The van der Waals surface area contributed by atoms with Crippen LogP contribution in [0.5, 0.6) is 5.75 Å². The highest BCUT2D eigenvalue weighted by molar-refractivity contribution is 5.89. The largest absolute Gasteiger partial charge is 0.478 e. The first-order valence-electron chi connectivity index (χ1n) is 5.53. The summed E-state index contributed by atoms with van der Waals surface area (Å²) in [5.74, 6) is -1.79. The number of para-hydroxylation sites is 1. The minimum absolute atomic E-state index is 0.00903. The summed E-state index contributed by atoms with van der Waals surface area (Å²) in [6.07, 6.45) is -0.426. The van der Waals surface area contributed by atoms with Crippen molar-refractivity contribution in [2.24, 2.45) is 0 Å². The van der Waals surface area contributed by atoms with Crippen molar-refractivity contribution in [2.75, 3.05) is 0 Å². The van der Waals surface area contributed by atoms with E-state index < -0.39 is 18.7 Å². The number of hydrogen-bond acceptors (Lipinski definition) is 4. The van der Waals surface area contributed by atoms with Crippen molar-refractivity contribution in [2.45, 2.75) is 12.7 Å². The molecule has 106 valence electrons. The summed E-state index contributed by atoms with van der Waals surface area (Å²) >= 11 is 0. The van der Waals surface area contributed by atoms with Gasteiger partial charge in [0, 0.05) is 5.56 Å². The number of benzene rings is 1. The number of halogens is 2. The van der Waals surface area contributed by atoms with Crippen molar-refractivity contribution in [1.82, 2.24) is 0 Å². The summed E-state index contributed by atoms with van der Waals surface area (Å²) in [6.45, 7) is -3.06. The van der Waals surface area contributed by atoms with E-state index >= 15 is 0 Å². The number of aliphatic hydroxyl groups excluding tert-OH is 1. The zero-order valence-electron chi connectivity index (χ0n) is 9.99. The van der Waals surface area contributed by atoms with Gasteiger partial charge in [-0.1, -0.05) is 18.2 Å². The lowest BCUT2D eigenvalue weighted by Gasteiger charge is -2.14. The Hall–Kier alpha value is -2.41. The monoisotopic (exact) mass is 284 g/mol. The topological polar surface area (TPSA) is 79.9 Å². The van der Waals surface area contributed by atoms with Crippen LogP contribution in [0.2, 0.25) is 0 Å². The lowest BCUT2D eigenvalue weighted by molar-refractivity contribution is -0.0514. The van der Waals surface area contributed by atoms with Gasteiger partial charge in [-0.15, -0.1) is 0 Å². The Morgan fingerprint density at radius 3 is 2.60 bits per heavy atom. The van der Waals surface area contributed by atoms with E-state index in [1.165, 1.54) is 24.3 Å². The summed E-state index contributed by atoms with van der Waals surface area (Å²) in [4.78, 5) is 11.0. The van der Waals surface area contributed by atoms with Gasteiger partial charge in [0.25, 0.3) is 0 Å². The van der Waals surface area contributed by atoms with Crippen LogP contribution in [-0.4, -0.2) is 22.8 Å². The van der Waals surface area contributed by atoms with Crippen molar-refractivity contribution in [3.8, 4) is 5.75 Å². The van der Waals surface area contributed by atoms with Gasteiger partial charge >= 0.3 is 12.6 Å². The molecule has 2 aromatic rings. The van der Waals surface area contributed by atoms with Crippen LogP contribution in [0.25, 0.3) is 0 Å². The molecule has 1 aromatic heterocycles. The maximum absolute atomic E-state index is 12.3. The van der Waals surface area contributed by atoms with E-state index in [4.69, 9.17) is 9.52 Å². The standard InChI is InChI=1S/C13H10F2O5/c14-13(15)20-9-4-2-1-3-7(9)10(16)11-8(12(17)18)5-6-19-11/h1-6,10,13,16H,(H,17,18). The smallest absolute Gasteiger partial charge is 0.387 e. The van der Waals surface area contributed by atoms with E-state index in [9.17, 15) is 18.7 Å². The van der Waals surface area contributed by atoms with Crippen molar-refractivity contribution < 1.29 is 32.9 Å². The fourth-order valence-electron chi connectivity index (χ4n) is 1.76. The van der Waals surface area contributed by atoms with Crippen LogP contribution in [0, 0.1) is 0 Å². The number of alkyl halides is 2. The van der Waals surface area contributed by atoms with E-state index in [2.05, 4.69) is 4.74 Å². The molecule has 1 aromatic carbocycles. The molecular weight excluding hydrogens is 274 g/mol. The fraction of sp³-hybridized carbons (Fsp3) is 0.154. The number of ether oxygens (including phenoxy) is 1.